The van der Waals surface area contributed by atoms with Gasteiger partial charge in [0, 0.05) is 25.7 Å². The lowest BCUT2D eigenvalue weighted by molar-refractivity contribution is 0.167. The average molecular weight is 200 g/mol. The van der Waals surface area contributed by atoms with Gasteiger partial charge in [-0.05, 0) is 45.7 Å². The molecule has 2 atom stereocenters. The minimum absolute atomic E-state index is 0.317. The zero-order chi connectivity index (χ0) is 10.6. The van der Waals surface area contributed by atoms with Gasteiger partial charge in [-0.15, -0.1) is 0 Å². The van der Waals surface area contributed by atoms with E-state index in [9.17, 15) is 5.11 Å². The van der Waals surface area contributed by atoms with Crippen molar-refractivity contribution in [1.82, 2.24) is 10.2 Å². The summed E-state index contributed by atoms with van der Waals surface area (Å²) < 4.78 is 0. The molecule has 14 heavy (non-hydrogen) atoms. The van der Waals surface area contributed by atoms with Crippen molar-refractivity contribution in [2.75, 3.05) is 33.3 Å². The first-order chi connectivity index (χ1) is 6.69. The molecule has 1 saturated heterocycles. The summed E-state index contributed by atoms with van der Waals surface area (Å²) in [6.07, 6.45) is 1.24. The van der Waals surface area contributed by atoms with E-state index < -0.39 is 0 Å². The van der Waals surface area contributed by atoms with E-state index in [1.165, 1.54) is 13.0 Å². The Hall–Kier alpha value is -0.120. The Balaban J connectivity index is 2.39. The van der Waals surface area contributed by atoms with Crippen LogP contribution in [0.4, 0.5) is 0 Å². The van der Waals surface area contributed by atoms with Crippen LogP contribution in [0.5, 0.6) is 0 Å². The lowest BCUT2D eigenvalue weighted by Gasteiger charge is -2.23. The minimum atomic E-state index is 0.317. The molecular weight excluding hydrogens is 176 g/mol. The third kappa shape index (κ3) is 2.94. The maximum Gasteiger partial charge on any atom is 0.0474 e. The molecule has 1 aliphatic rings. The van der Waals surface area contributed by atoms with Crippen LogP contribution >= 0.6 is 0 Å². The zero-order valence-corrected chi connectivity index (χ0v) is 9.66. The fraction of sp³-hybridized carbons (Fsp3) is 1.00. The van der Waals surface area contributed by atoms with E-state index in [0.717, 1.165) is 13.1 Å². The quantitative estimate of drug-likeness (QED) is 0.680. The van der Waals surface area contributed by atoms with Gasteiger partial charge in [0.15, 0.2) is 0 Å². The van der Waals surface area contributed by atoms with Gasteiger partial charge in [0.25, 0.3) is 0 Å². The predicted octanol–water partition coefficient (Wildman–Crippen LogP) is 0.545. The molecule has 0 saturated carbocycles. The third-order valence-corrected chi connectivity index (χ3v) is 3.35. The van der Waals surface area contributed by atoms with E-state index in [4.69, 9.17) is 0 Å². The monoisotopic (exact) mass is 200 g/mol. The molecule has 3 heteroatoms. The van der Waals surface area contributed by atoms with E-state index in [1.54, 1.807) is 0 Å². The first-order valence-corrected chi connectivity index (χ1v) is 5.68. The Morgan fingerprint density at radius 1 is 1.50 bits per heavy atom. The van der Waals surface area contributed by atoms with Crippen molar-refractivity contribution in [2.45, 2.75) is 26.3 Å². The van der Waals surface area contributed by atoms with Gasteiger partial charge < -0.3 is 15.3 Å². The van der Waals surface area contributed by atoms with E-state index in [2.05, 4.69) is 24.1 Å². The van der Waals surface area contributed by atoms with Crippen LogP contribution in [0.15, 0.2) is 0 Å². The second-order valence-electron chi connectivity index (χ2n) is 4.64. The number of nitrogens with zero attached hydrogens (tertiary/aromatic N) is 1. The molecule has 1 heterocycles. The van der Waals surface area contributed by atoms with E-state index >= 15 is 0 Å². The summed E-state index contributed by atoms with van der Waals surface area (Å²) in [5, 5.41) is 12.4. The van der Waals surface area contributed by atoms with Crippen molar-refractivity contribution >= 4 is 0 Å². The molecule has 0 radical (unpaired) electrons. The minimum Gasteiger partial charge on any atom is -0.396 e. The molecule has 0 aromatic carbocycles. The maximum absolute atomic E-state index is 9.28. The second-order valence-corrected chi connectivity index (χ2v) is 4.64. The van der Waals surface area contributed by atoms with Gasteiger partial charge in [-0.2, -0.15) is 0 Å². The molecule has 0 aromatic rings. The molecule has 3 nitrogen and oxygen atoms in total. The van der Waals surface area contributed by atoms with Crippen molar-refractivity contribution in [2.24, 2.45) is 11.8 Å². The number of hydrogen-bond donors (Lipinski definition) is 2. The van der Waals surface area contributed by atoms with Crippen LogP contribution in [-0.4, -0.2) is 49.3 Å². The molecule has 0 aliphatic carbocycles. The Morgan fingerprint density at radius 3 is 2.64 bits per heavy atom. The Kier molecular flexibility index (Phi) is 4.85. The summed E-state index contributed by atoms with van der Waals surface area (Å²) in [5.74, 6) is 1.11. The molecule has 84 valence electrons. The van der Waals surface area contributed by atoms with Gasteiger partial charge >= 0.3 is 0 Å². The zero-order valence-electron chi connectivity index (χ0n) is 9.66. The second kappa shape index (κ2) is 5.69. The summed E-state index contributed by atoms with van der Waals surface area (Å²) in [5.41, 5.74) is 0. The van der Waals surface area contributed by atoms with Crippen LogP contribution in [0.3, 0.4) is 0 Å². The van der Waals surface area contributed by atoms with Gasteiger partial charge in [-0.1, -0.05) is 0 Å². The van der Waals surface area contributed by atoms with E-state index in [1.807, 2.05) is 7.05 Å². The smallest absolute Gasteiger partial charge is 0.0474 e. The SMILES string of the molecule is CNCC(CO)C1CCN(C(C)C)C1. The van der Waals surface area contributed by atoms with Crippen LogP contribution in [-0.2, 0) is 0 Å². The highest BCUT2D eigenvalue weighted by Gasteiger charge is 2.29. The van der Waals surface area contributed by atoms with Crippen LogP contribution in [0, 0.1) is 11.8 Å². The molecule has 1 fully saturated rings. The first kappa shape index (κ1) is 12.0. The maximum atomic E-state index is 9.28. The average Bonchev–Trinajstić information content (AvgIpc) is 2.63. The Morgan fingerprint density at radius 2 is 2.21 bits per heavy atom. The third-order valence-electron chi connectivity index (χ3n) is 3.35. The molecule has 2 unspecified atom stereocenters. The van der Waals surface area contributed by atoms with E-state index in [-0.39, 0.29) is 0 Å². The molecule has 1 rings (SSSR count). The van der Waals surface area contributed by atoms with Crippen molar-refractivity contribution in [1.29, 1.82) is 0 Å². The van der Waals surface area contributed by atoms with Gasteiger partial charge in [0.2, 0.25) is 0 Å². The summed E-state index contributed by atoms with van der Waals surface area (Å²) in [4.78, 5) is 2.50. The number of nitrogens with one attached hydrogen (secondary N) is 1. The standard InChI is InChI=1S/C11H24N2O/c1-9(2)13-5-4-10(7-13)11(8-14)6-12-3/h9-12,14H,4-8H2,1-3H3. The lowest BCUT2D eigenvalue weighted by Crippen LogP contribution is -2.33. The van der Waals surface area contributed by atoms with Crippen LogP contribution in [0.2, 0.25) is 0 Å². The molecule has 1 aliphatic heterocycles. The highest BCUT2D eigenvalue weighted by Crippen LogP contribution is 2.24. The molecule has 0 spiro atoms. The number of likely N-dealkylation sites (tertiary alicyclic amines) is 1. The first-order valence-electron chi connectivity index (χ1n) is 5.68. The Bertz CT molecular complexity index is 161. The van der Waals surface area contributed by atoms with Crippen molar-refractivity contribution in [3.8, 4) is 0 Å². The van der Waals surface area contributed by atoms with Gasteiger partial charge in [-0.25, -0.2) is 0 Å². The number of aliphatic hydroxyl groups excluding tert-OH is 1. The molecule has 0 bridgehead atoms. The summed E-state index contributed by atoms with van der Waals surface area (Å²) in [7, 11) is 1.96. The Labute approximate surface area is 87.5 Å². The van der Waals surface area contributed by atoms with Gasteiger partial charge in [-0.3, -0.25) is 0 Å². The number of rotatable bonds is 5. The number of aliphatic hydroxyl groups is 1. The lowest BCUT2D eigenvalue weighted by atomic mass is 9.92. The summed E-state index contributed by atoms with van der Waals surface area (Å²) >= 11 is 0. The fourth-order valence-corrected chi connectivity index (χ4v) is 2.31. The number of hydrogen-bond acceptors (Lipinski definition) is 3. The summed E-state index contributed by atoms with van der Waals surface area (Å²) in [6.45, 7) is 8.10. The molecular formula is C11H24N2O. The normalized spacial score (nSPS) is 25.9. The highest BCUT2D eigenvalue weighted by atomic mass is 16.3. The molecule has 2 N–H and O–H groups in total. The van der Waals surface area contributed by atoms with E-state index in [0.29, 0.717) is 24.5 Å². The summed E-state index contributed by atoms with van der Waals surface area (Å²) in [6, 6.07) is 0.647. The van der Waals surface area contributed by atoms with Crippen molar-refractivity contribution in [3.63, 3.8) is 0 Å². The van der Waals surface area contributed by atoms with Crippen LogP contribution in [0.25, 0.3) is 0 Å². The van der Waals surface area contributed by atoms with Crippen molar-refractivity contribution < 1.29 is 5.11 Å². The predicted molar refractivity (Wildman–Crippen MR) is 59.3 cm³/mol. The van der Waals surface area contributed by atoms with Crippen LogP contribution < -0.4 is 5.32 Å². The molecule has 0 amide bonds. The van der Waals surface area contributed by atoms with Gasteiger partial charge in [0.1, 0.15) is 0 Å². The van der Waals surface area contributed by atoms with Gasteiger partial charge in [0.05, 0.1) is 0 Å². The highest BCUT2D eigenvalue weighted by molar-refractivity contribution is 4.83. The van der Waals surface area contributed by atoms with Crippen molar-refractivity contribution in [3.05, 3.63) is 0 Å². The molecule has 0 aromatic heterocycles. The fourth-order valence-electron chi connectivity index (χ4n) is 2.31. The topological polar surface area (TPSA) is 35.5 Å². The van der Waals surface area contributed by atoms with Crippen LogP contribution in [0.1, 0.15) is 20.3 Å². The largest absolute Gasteiger partial charge is 0.396 e.